The van der Waals surface area contributed by atoms with Gasteiger partial charge in [-0.1, -0.05) is 42.5 Å². The molecule has 0 bridgehead atoms. The molecule has 3 amide bonds. The van der Waals surface area contributed by atoms with Crippen molar-refractivity contribution in [1.29, 1.82) is 0 Å². The van der Waals surface area contributed by atoms with Crippen LogP contribution in [-0.2, 0) is 25.7 Å². The van der Waals surface area contributed by atoms with Crippen LogP contribution in [0.3, 0.4) is 0 Å². The summed E-state index contributed by atoms with van der Waals surface area (Å²) in [6, 6.07) is 14.8. The monoisotopic (exact) mass is 558 g/mol. The van der Waals surface area contributed by atoms with Crippen LogP contribution in [0.1, 0.15) is 12.5 Å². The number of amides is 3. The van der Waals surface area contributed by atoms with Gasteiger partial charge in [0.15, 0.2) is 0 Å². The van der Waals surface area contributed by atoms with E-state index in [4.69, 9.17) is 4.74 Å². The summed E-state index contributed by atoms with van der Waals surface area (Å²) in [5.41, 5.74) is -1.10. The Bertz CT molecular complexity index is 1180. The molecule has 39 heavy (non-hydrogen) atoms. The van der Waals surface area contributed by atoms with E-state index in [1.54, 1.807) is 29.2 Å². The molecule has 1 aliphatic rings. The molecule has 212 valence electrons. The van der Waals surface area contributed by atoms with Gasteiger partial charge in [0.05, 0.1) is 31.1 Å². The molecule has 0 spiro atoms. The first-order valence-corrected chi connectivity index (χ1v) is 11.7. The van der Waals surface area contributed by atoms with Crippen LogP contribution in [0.25, 0.3) is 0 Å². The smallest absolute Gasteiger partial charge is 0.375 e. The fraction of sp³-hybridized carbons (Fsp3) is 0.400. The molecule has 0 saturated heterocycles. The molecule has 0 fully saturated rings. The average molecular weight is 559 g/mol. The van der Waals surface area contributed by atoms with Gasteiger partial charge in [-0.2, -0.15) is 22.0 Å². The van der Waals surface area contributed by atoms with Crippen LogP contribution in [0.5, 0.6) is 0 Å². The Balaban J connectivity index is 1.67. The number of hydrogen-bond donors (Lipinski definition) is 4. The van der Waals surface area contributed by atoms with E-state index in [0.29, 0.717) is 24.9 Å². The average Bonchev–Trinajstić information content (AvgIpc) is 3.01. The first kappa shape index (κ1) is 29.8. The van der Waals surface area contributed by atoms with Crippen LogP contribution < -0.4 is 20.9 Å². The van der Waals surface area contributed by atoms with Crippen LogP contribution in [-0.4, -0.2) is 72.8 Å². The Morgan fingerprint density at radius 1 is 1.05 bits per heavy atom. The molecule has 1 heterocycles. The maximum atomic E-state index is 13.2. The van der Waals surface area contributed by atoms with Gasteiger partial charge in [-0.05, 0) is 24.6 Å². The summed E-state index contributed by atoms with van der Waals surface area (Å²) in [4.78, 5) is 39.4. The van der Waals surface area contributed by atoms with Crippen molar-refractivity contribution >= 4 is 29.1 Å². The van der Waals surface area contributed by atoms with E-state index in [1.165, 1.54) is 5.32 Å². The third-order valence-corrected chi connectivity index (χ3v) is 5.91. The Morgan fingerprint density at radius 2 is 1.69 bits per heavy atom. The molecule has 0 radical (unpaired) electrons. The van der Waals surface area contributed by atoms with E-state index < -0.39 is 48.0 Å². The fourth-order valence-electron chi connectivity index (χ4n) is 3.60. The Hall–Kier alpha value is -3.78. The molecule has 14 heteroatoms. The molecule has 2 aromatic carbocycles. The predicted octanol–water partition coefficient (Wildman–Crippen LogP) is 2.21. The van der Waals surface area contributed by atoms with Crippen molar-refractivity contribution in [2.75, 3.05) is 36.5 Å². The second kappa shape index (κ2) is 11.9. The third kappa shape index (κ3) is 7.41. The highest BCUT2D eigenvalue weighted by Crippen LogP contribution is 2.34. The van der Waals surface area contributed by atoms with E-state index in [-0.39, 0.29) is 19.7 Å². The highest BCUT2D eigenvalue weighted by Gasteiger charge is 2.58. The largest absolute Gasteiger partial charge is 0.455 e. The number of fused-ring (bicyclic) bond motifs is 1. The number of nitrogens with one attached hydrogen (secondary N) is 3. The van der Waals surface area contributed by atoms with Gasteiger partial charge in [0.25, 0.3) is 11.8 Å². The molecule has 0 aromatic heterocycles. The Labute approximate surface area is 220 Å². The normalized spacial score (nSPS) is 17.4. The summed E-state index contributed by atoms with van der Waals surface area (Å²) in [5, 5.41) is 16.4. The van der Waals surface area contributed by atoms with Crippen molar-refractivity contribution in [3.63, 3.8) is 0 Å². The summed E-state index contributed by atoms with van der Waals surface area (Å²) in [6.45, 7) is -0.872. The SMILES string of the molecule is C[C@](O)(C(=O)NCC(F)(F)C(F)(F)F)C(=O)NC1CN(CCOCc2ccccc2)c2ccccc2NC1=O. The second-order valence-corrected chi connectivity index (χ2v) is 8.97. The molecule has 1 aliphatic heterocycles. The second-order valence-electron chi connectivity index (χ2n) is 8.97. The standard InChI is InChI=1S/C25H27F5N4O5/c1-23(38,21(36)31-15-24(26,27)25(28,29)30)22(37)33-18-13-34(11-12-39-14-16-7-3-2-4-8-16)19-10-6-5-9-17(19)32-20(18)35/h2-10,18,38H,11-15H2,1H3,(H,31,36)(H,32,35)(H,33,37)/t18?,23-/m0/s1. The molecular weight excluding hydrogens is 531 g/mol. The van der Waals surface area contributed by atoms with Crippen LogP contribution in [0.15, 0.2) is 54.6 Å². The maximum absolute atomic E-state index is 13.2. The first-order valence-electron chi connectivity index (χ1n) is 11.7. The number of aliphatic hydroxyl groups is 1. The number of alkyl halides is 5. The topological polar surface area (TPSA) is 120 Å². The van der Waals surface area contributed by atoms with Gasteiger partial charge in [0.2, 0.25) is 11.5 Å². The van der Waals surface area contributed by atoms with Crippen molar-refractivity contribution in [2.24, 2.45) is 0 Å². The molecule has 3 rings (SSSR count). The predicted molar refractivity (Wildman–Crippen MR) is 130 cm³/mol. The first-order chi connectivity index (χ1) is 18.2. The van der Waals surface area contributed by atoms with Gasteiger partial charge in [-0.15, -0.1) is 0 Å². The minimum Gasteiger partial charge on any atom is -0.375 e. The zero-order valence-corrected chi connectivity index (χ0v) is 20.7. The van der Waals surface area contributed by atoms with Gasteiger partial charge >= 0.3 is 12.1 Å². The number of ether oxygens (including phenoxy) is 1. The lowest BCUT2D eigenvalue weighted by Crippen LogP contribution is -2.61. The maximum Gasteiger partial charge on any atom is 0.455 e. The number of hydrogen-bond acceptors (Lipinski definition) is 6. The highest BCUT2D eigenvalue weighted by atomic mass is 19.4. The van der Waals surface area contributed by atoms with Crippen molar-refractivity contribution in [1.82, 2.24) is 10.6 Å². The van der Waals surface area contributed by atoms with Crippen molar-refractivity contribution < 1.29 is 46.2 Å². The zero-order chi connectivity index (χ0) is 28.8. The fourth-order valence-corrected chi connectivity index (χ4v) is 3.60. The Kier molecular flexibility index (Phi) is 9.12. The van der Waals surface area contributed by atoms with Crippen molar-refractivity contribution in [3.05, 3.63) is 60.2 Å². The van der Waals surface area contributed by atoms with E-state index in [9.17, 15) is 41.4 Å². The number of carbonyl (C=O) groups excluding carboxylic acids is 3. The molecule has 1 unspecified atom stereocenters. The van der Waals surface area contributed by atoms with E-state index in [2.05, 4.69) is 10.6 Å². The molecule has 2 aromatic rings. The quantitative estimate of drug-likeness (QED) is 0.202. The van der Waals surface area contributed by atoms with Crippen LogP contribution >= 0.6 is 0 Å². The molecule has 0 aliphatic carbocycles. The van der Waals surface area contributed by atoms with E-state index in [1.807, 2.05) is 30.3 Å². The van der Waals surface area contributed by atoms with Crippen molar-refractivity contribution in [2.45, 2.75) is 37.3 Å². The lowest BCUT2D eigenvalue weighted by molar-refractivity contribution is -0.278. The molecule has 9 nitrogen and oxygen atoms in total. The third-order valence-electron chi connectivity index (χ3n) is 5.91. The van der Waals surface area contributed by atoms with Gasteiger partial charge in [0.1, 0.15) is 6.04 Å². The highest BCUT2D eigenvalue weighted by molar-refractivity contribution is 6.10. The van der Waals surface area contributed by atoms with Gasteiger partial charge in [-0.3, -0.25) is 14.4 Å². The summed E-state index contributed by atoms with van der Waals surface area (Å²) in [6.07, 6.45) is -5.95. The number of benzene rings is 2. The number of rotatable bonds is 10. The lowest BCUT2D eigenvalue weighted by Gasteiger charge is -2.29. The minimum atomic E-state index is -5.95. The number of halogens is 5. The molecule has 0 saturated carbocycles. The van der Waals surface area contributed by atoms with Crippen LogP contribution in [0.2, 0.25) is 0 Å². The van der Waals surface area contributed by atoms with Crippen LogP contribution in [0, 0.1) is 0 Å². The molecule has 4 N–H and O–H groups in total. The summed E-state index contributed by atoms with van der Waals surface area (Å²) >= 11 is 0. The summed E-state index contributed by atoms with van der Waals surface area (Å²) < 4.78 is 69.2. The molecule has 2 atom stereocenters. The summed E-state index contributed by atoms with van der Waals surface area (Å²) in [7, 11) is 0. The van der Waals surface area contributed by atoms with E-state index in [0.717, 1.165) is 5.56 Å². The number of para-hydroxylation sites is 2. The number of anilines is 2. The zero-order valence-electron chi connectivity index (χ0n) is 20.7. The minimum absolute atomic E-state index is 0.132. The summed E-state index contributed by atoms with van der Waals surface area (Å²) in [5.74, 6) is -9.26. The van der Waals surface area contributed by atoms with Gasteiger partial charge in [0, 0.05) is 13.1 Å². The van der Waals surface area contributed by atoms with E-state index >= 15 is 0 Å². The number of carbonyl (C=O) groups is 3. The molecular formula is C25H27F5N4O5. The van der Waals surface area contributed by atoms with Gasteiger partial charge in [-0.25, -0.2) is 0 Å². The van der Waals surface area contributed by atoms with Crippen molar-refractivity contribution in [3.8, 4) is 0 Å². The lowest BCUT2D eigenvalue weighted by atomic mass is 10.0. The van der Waals surface area contributed by atoms with Crippen LogP contribution in [0.4, 0.5) is 33.3 Å². The van der Waals surface area contributed by atoms with Gasteiger partial charge < -0.3 is 30.7 Å². The Morgan fingerprint density at radius 3 is 2.36 bits per heavy atom. The number of nitrogens with zero attached hydrogens (tertiary/aromatic N) is 1.